The molecule has 1 saturated heterocycles. The van der Waals surface area contributed by atoms with Gasteiger partial charge in [-0.25, -0.2) is 4.79 Å². The molecule has 5 heteroatoms. The monoisotopic (exact) mass is 340 g/mol. The van der Waals surface area contributed by atoms with Gasteiger partial charge in [0, 0.05) is 29.5 Å². The van der Waals surface area contributed by atoms with Crippen LogP contribution >= 0.6 is 0 Å². The van der Waals surface area contributed by atoms with Crippen molar-refractivity contribution in [3.05, 3.63) is 29.3 Å². The van der Waals surface area contributed by atoms with Gasteiger partial charge >= 0.3 is 6.03 Å². The number of unbranched alkanes of at least 4 members (excludes halogenated alkanes) is 2. The quantitative estimate of drug-likeness (QED) is 0.726. The number of hydrogen-bond donors (Lipinski definition) is 3. The fourth-order valence-corrected chi connectivity index (χ4v) is 4.79. The molecule has 1 aliphatic heterocycles. The van der Waals surface area contributed by atoms with E-state index in [1.54, 1.807) is 0 Å². The summed E-state index contributed by atoms with van der Waals surface area (Å²) in [7, 11) is 0. The number of nitrogens with zero attached hydrogens (tertiary/aromatic N) is 1. The molecule has 25 heavy (non-hydrogen) atoms. The van der Waals surface area contributed by atoms with Crippen LogP contribution in [0.2, 0.25) is 0 Å². The van der Waals surface area contributed by atoms with Crippen molar-refractivity contribution in [2.24, 2.45) is 5.73 Å². The van der Waals surface area contributed by atoms with Crippen LogP contribution in [0.1, 0.15) is 56.1 Å². The second-order valence-corrected chi connectivity index (χ2v) is 7.43. The highest BCUT2D eigenvalue weighted by atomic mass is 16.2. The second-order valence-electron chi connectivity index (χ2n) is 7.43. The molecule has 2 atom stereocenters. The van der Waals surface area contributed by atoms with Gasteiger partial charge in [0.05, 0.1) is 5.52 Å². The zero-order valence-electron chi connectivity index (χ0n) is 15.0. The maximum atomic E-state index is 11.7. The third-order valence-electron chi connectivity index (χ3n) is 5.86. The number of primary amides is 1. The van der Waals surface area contributed by atoms with Crippen LogP contribution in [0.15, 0.2) is 18.2 Å². The molecule has 1 aliphatic carbocycles. The summed E-state index contributed by atoms with van der Waals surface area (Å²) in [6.07, 6.45) is 6.94. The molecule has 0 bridgehead atoms. The number of nitrogens with two attached hydrogens (primary N) is 1. The van der Waals surface area contributed by atoms with E-state index < -0.39 is 6.03 Å². The largest absolute Gasteiger partial charge is 0.351 e. The highest BCUT2D eigenvalue weighted by Gasteiger charge is 2.35. The number of hydrogen-bond acceptors (Lipinski definition) is 2. The van der Waals surface area contributed by atoms with E-state index in [-0.39, 0.29) is 0 Å². The minimum Gasteiger partial charge on any atom is -0.351 e. The number of rotatable bonds is 5. The maximum absolute atomic E-state index is 11.7. The molecule has 0 saturated carbocycles. The number of anilines is 1. The number of urea groups is 1. The Balaban J connectivity index is 1.86. The van der Waals surface area contributed by atoms with Crippen LogP contribution in [0, 0.1) is 0 Å². The van der Waals surface area contributed by atoms with Crippen LogP contribution in [-0.2, 0) is 13.0 Å². The lowest BCUT2D eigenvalue weighted by atomic mass is 9.76. The van der Waals surface area contributed by atoms with E-state index in [1.807, 2.05) is 0 Å². The molecule has 0 spiro atoms. The second kappa shape index (κ2) is 6.71. The molecule has 2 amide bonds. The lowest BCUT2D eigenvalue weighted by Crippen LogP contribution is -2.43. The van der Waals surface area contributed by atoms with Crippen LogP contribution in [0.25, 0.3) is 10.9 Å². The molecule has 2 heterocycles. The van der Waals surface area contributed by atoms with Crippen molar-refractivity contribution in [2.45, 2.75) is 64.0 Å². The summed E-state index contributed by atoms with van der Waals surface area (Å²) in [5.41, 5.74) is 9.45. The van der Waals surface area contributed by atoms with Gasteiger partial charge in [-0.05, 0) is 43.9 Å². The molecule has 2 aromatic rings. The van der Waals surface area contributed by atoms with Gasteiger partial charge in [0.25, 0.3) is 0 Å². The summed E-state index contributed by atoms with van der Waals surface area (Å²) in [6, 6.07) is 6.63. The topological polar surface area (TPSA) is 72.1 Å². The summed E-state index contributed by atoms with van der Waals surface area (Å²) in [5.74, 6) is 1.50. The van der Waals surface area contributed by atoms with Gasteiger partial charge in [-0.1, -0.05) is 31.9 Å². The van der Waals surface area contributed by atoms with E-state index in [9.17, 15) is 4.79 Å². The van der Waals surface area contributed by atoms with Crippen LogP contribution < -0.4 is 16.4 Å². The summed E-state index contributed by atoms with van der Waals surface area (Å²) in [4.78, 5) is 11.7. The molecule has 1 fully saturated rings. The number of carbonyl (C=O) groups is 1. The zero-order chi connectivity index (χ0) is 17.4. The van der Waals surface area contributed by atoms with E-state index in [0.717, 1.165) is 31.7 Å². The van der Waals surface area contributed by atoms with E-state index in [0.29, 0.717) is 12.0 Å². The number of nitrogens with one attached hydrogen (secondary N) is 2. The number of aromatic nitrogens is 1. The van der Waals surface area contributed by atoms with Crippen LogP contribution in [-0.4, -0.2) is 23.2 Å². The Bertz CT molecular complexity index is 795. The highest BCUT2D eigenvalue weighted by Crippen LogP contribution is 2.44. The summed E-state index contributed by atoms with van der Waals surface area (Å²) >= 11 is 0. The smallest absolute Gasteiger partial charge is 0.317 e. The first-order chi connectivity index (χ1) is 12.2. The Labute approximate surface area is 149 Å². The lowest BCUT2D eigenvalue weighted by molar-refractivity contribution is 0.259. The van der Waals surface area contributed by atoms with Gasteiger partial charge in [0.15, 0.2) is 0 Å². The first kappa shape index (κ1) is 16.5. The first-order valence-corrected chi connectivity index (χ1v) is 9.64. The maximum Gasteiger partial charge on any atom is 0.317 e. The van der Waals surface area contributed by atoms with Gasteiger partial charge in [0.2, 0.25) is 0 Å². The van der Waals surface area contributed by atoms with Crippen LogP contribution in [0.3, 0.4) is 0 Å². The Morgan fingerprint density at radius 2 is 2.28 bits per heavy atom. The third kappa shape index (κ3) is 2.80. The summed E-state index contributed by atoms with van der Waals surface area (Å²) in [5, 5.41) is 7.99. The van der Waals surface area contributed by atoms with Gasteiger partial charge in [-0.15, -0.1) is 0 Å². The van der Waals surface area contributed by atoms with E-state index in [2.05, 4.69) is 40.3 Å². The number of amides is 2. The average Bonchev–Trinajstić information content (AvgIpc) is 2.90. The third-order valence-corrected chi connectivity index (χ3v) is 5.86. The minimum absolute atomic E-state index is 0.465. The zero-order valence-corrected chi connectivity index (χ0v) is 15.0. The summed E-state index contributed by atoms with van der Waals surface area (Å²) < 4.78 is 2.28. The van der Waals surface area contributed by atoms with E-state index in [1.165, 1.54) is 47.7 Å². The van der Waals surface area contributed by atoms with Crippen molar-refractivity contribution in [3.8, 4) is 0 Å². The molecule has 1 unspecified atom stereocenters. The average molecular weight is 340 g/mol. The van der Waals surface area contributed by atoms with Gasteiger partial charge in [0.1, 0.15) is 5.82 Å². The first-order valence-electron chi connectivity index (χ1n) is 9.64. The van der Waals surface area contributed by atoms with E-state index >= 15 is 0 Å². The molecular formula is C20H28N4O. The molecule has 1 aromatic carbocycles. The molecule has 2 aliphatic rings. The van der Waals surface area contributed by atoms with Gasteiger partial charge in [-0.3, -0.25) is 5.32 Å². The van der Waals surface area contributed by atoms with Crippen LogP contribution in [0.4, 0.5) is 10.6 Å². The van der Waals surface area contributed by atoms with Crippen molar-refractivity contribution in [1.82, 2.24) is 9.88 Å². The Morgan fingerprint density at radius 1 is 1.40 bits per heavy atom. The highest BCUT2D eigenvalue weighted by molar-refractivity contribution is 5.98. The molecule has 0 radical (unpaired) electrons. The van der Waals surface area contributed by atoms with Crippen molar-refractivity contribution in [1.29, 1.82) is 0 Å². The summed E-state index contributed by atoms with van der Waals surface area (Å²) in [6.45, 7) is 4.22. The molecular weight excluding hydrogens is 312 g/mol. The predicted octanol–water partition coefficient (Wildman–Crippen LogP) is 3.71. The number of aryl methyl sites for hydroxylation is 1. The number of fused-ring (bicyclic) bond motifs is 2. The predicted molar refractivity (Wildman–Crippen MR) is 102 cm³/mol. The fourth-order valence-electron chi connectivity index (χ4n) is 4.79. The van der Waals surface area contributed by atoms with E-state index in [4.69, 9.17) is 5.73 Å². The standard InChI is InChI=1S/C20H28N4O/c1-2-3-4-11-24-17-9-5-7-14-13-8-6-10-22-16(13)12-15(18(14)17)19(24)23-20(21)25/h5,7,9,13,16,22H,2-4,6,8,10-12H2,1H3,(H3,21,23,25)/t13?,16-/m1/s1. The Kier molecular flexibility index (Phi) is 4.42. The van der Waals surface area contributed by atoms with Crippen LogP contribution in [0.5, 0.6) is 0 Å². The van der Waals surface area contributed by atoms with Gasteiger partial charge in [-0.2, -0.15) is 0 Å². The fraction of sp³-hybridized carbons (Fsp3) is 0.550. The molecule has 4 N–H and O–H groups in total. The van der Waals surface area contributed by atoms with Crippen molar-refractivity contribution >= 4 is 22.8 Å². The number of carbonyl (C=O) groups excluding carboxylic acids is 1. The van der Waals surface area contributed by atoms with Crippen molar-refractivity contribution < 1.29 is 4.79 Å². The minimum atomic E-state index is -0.476. The number of benzene rings is 1. The van der Waals surface area contributed by atoms with Gasteiger partial charge < -0.3 is 15.6 Å². The SMILES string of the molecule is CCCCCn1c(NC(N)=O)c2c3c(cccc31)C1CCCN[C@@H]1C2. The molecule has 134 valence electrons. The molecule has 1 aromatic heterocycles. The molecule has 4 rings (SSSR count). The normalized spacial score (nSPS) is 22.0. The Morgan fingerprint density at radius 3 is 3.08 bits per heavy atom. The van der Waals surface area contributed by atoms with Crippen molar-refractivity contribution in [3.63, 3.8) is 0 Å². The molecule has 5 nitrogen and oxygen atoms in total. The van der Waals surface area contributed by atoms with Crippen molar-refractivity contribution in [2.75, 3.05) is 11.9 Å². The number of piperidine rings is 1. The Hall–Kier alpha value is -2.01. The lowest BCUT2D eigenvalue weighted by Gasteiger charge is -2.36.